The first-order valence-electron chi connectivity index (χ1n) is 6.71. The van der Waals surface area contributed by atoms with Crippen molar-refractivity contribution in [3.8, 4) is 0 Å². The van der Waals surface area contributed by atoms with Crippen LogP contribution in [0.3, 0.4) is 0 Å². The van der Waals surface area contributed by atoms with Gasteiger partial charge in [0.25, 0.3) is 0 Å². The summed E-state index contributed by atoms with van der Waals surface area (Å²) in [6, 6.07) is 0. The van der Waals surface area contributed by atoms with Gasteiger partial charge in [-0.15, -0.1) is 0 Å². The molecule has 0 saturated carbocycles. The summed E-state index contributed by atoms with van der Waals surface area (Å²) in [4.78, 5) is 17.8. The van der Waals surface area contributed by atoms with Gasteiger partial charge in [-0.05, 0) is 26.7 Å². The van der Waals surface area contributed by atoms with Crippen LogP contribution in [0.5, 0.6) is 0 Å². The van der Waals surface area contributed by atoms with Crippen molar-refractivity contribution < 1.29 is 19.8 Å². The molecule has 0 heterocycles. The topological polar surface area (TPSA) is 80.3 Å². The molecule has 21 heavy (non-hydrogen) atoms. The molecular weight excluding hydrogens is 463 g/mol. The van der Waals surface area contributed by atoms with E-state index in [0.717, 1.165) is 26.7 Å². The van der Waals surface area contributed by atoms with E-state index in [9.17, 15) is 0 Å². The molecule has 120 valence electrons. The largest absolute Gasteiger partial charge is 2.00 e. The number of unbranched alkanes of at least 4 members (excludes halogenated alkanes) is 4. The number of allylic oxidation sites excluding steroid dienone is 2. The van der Waals surface area contributed by atoms with E-state index in [-0.39, 0.29) is 27.3 Å². The maximum absolute atomic E-state index is 8.89. The van der Waals surface area contributed by atoms with Crippen LogP contribution in [0, 0.1) is 13.2 Å². The summed E-state index contributed by atoms with van der Waals surface area (Å²) in [5, 5.41) is 17.8. The molecule has 0 atom stereocenters. The Bertz CT molecular complexity index is 196. The van der Waals surface area contributed by atoms with Crippen LogP contribution >= 0.6 is 0 Å². The molecule has 5 heteroatoms. The maximum atomic E-state index is 8.89. The van der Waals surface area contributed by atoms with E-state index < -0.39 is 11.9 Å². The van der Waals surface area contributed by atoms with Crippen LogP contribution in [0.25, 0.3) is 0 Å². The quantitative estimate of drug-likeness (QED) is 0.416. The Labute approximate surface area is 150 Å². The molecule has 0 unspecified atom stereocenters. The smallest absolute Gasteiger partial charge is 0.550 e. The van der Waals surface area contributed by atoms with Crippen LogP contribution in [0.15, 0.2) is 12.2 Å². The van der Waals surface area contributed by atoms with Crippen molar-refractivity contribution in [2.75, 3.05) is 0 Å². The average Bonchev–Trinajstić information content (AvgIpc) is 2.33. The number of hydrogen-bond acceptors (Lipinski definition) is 4. The summed E-state index contributed by atoms with van der Waals surface area (Å²) in [6.07, 6.45) is 10.5. The molecule has 0 fully saturated rings. The van der Waals surface area contributed by atoms with E-state index in [1.807, 2.05) is 0 Å². The monoisotopic (exact) mass is 492 g/mol. The molecule has 0 aliphatic rings. The van der Waals surface area contributed by atoms with Crippen LogP contribution in [0.4, 0.5) is 0 Å². The molecule has 4 radical (unpaired) electrons. The fourth-order valence-electron chi connectivity index (χ4n) is 0.644. The van der Waals surface area contributed by atoms with Gasteiger partial charge in [-0.3, -0.25) is 0 Å². The van der Waals surface area contributed by atoms with Gasteiger partial charge < -0.3 is 19.8 Å². The number of carboxylic acids is 2. The van der Waals surface area contributed by atoms with Crippen LogP contribution in [-0.4, -0.2) is 39.2 Å². The van der Waals surface area contributed by atoms with Crippen molar-refractivity contribution in [2.45, 2.75) is 66.2 Å². The summed E-state index contributed by atoms with van der Waals surface area (Å²) in [5.74, 6) is -2.17. The fourth-order valence-corrected chi connectivity index (χ4v) is 0.644. The van der Waals surface area contributed by atoms with E-state index >= 15 is 0 Å². The van der Waals surface area contributed by atoms with E-state index in [1.54, 1.807) is 12.2 Å². The van der Waals surface area contributed by atoms with Crippen LogP contribution in [0.2, 0.25) is 0 Å². The first kappa shape index (κ1) is 32.3. The van der Waals surface area contributed by atoms with Gasteiger partial charge in [-0.1, -0.05) is 64.8 Å². The average molecular weight is 492 g/mol. The Morgan fingerprint density at radius 3 is 1.10 bits per heavy atom. The molecule has 0 aromatic rings. The van der Waals surface area contributed by atoms with Crippen molar-refractivity contribution in [1.29, 1.82) is 0 Å². The van der Waals surface area contributed by atoms with Gasteiger partial charge in [-0.25, -0.2) is 0 Å². The number of aliphatic carboxylic acids is 2. The fraction of sp³-hybridized carbons (Fsp3) is 0.625. The Morgan fingerprint density at radius 1 is 0.857 bits per heavy atom. The first-order valence-corrected chi connectivity index (χ1v) is 6.71. The van der Waals surface area contributed by atoms with Gasteiger partial charge >= 0.3 is 27.3 Å². The zero-order chi connectivity index (χ0) is 16.8. The Kier molecular flexibility index (Phi) is 56.3. The van der Waals surface area contributed by atoms with Crippen molar-refractivity contribution in [2.24, 2.45) is 0 Å². The second-order valence-electron chi connectivity index (χ2n) is 3.74. The molecule has 0 spiro atoms. The predicted octanol–water partition coefficient (Wildman–Crippen LogP) is 1.46. The van der Waals surface area contributed by atoms with E-state index in [4.69, 9.17) is 33.0 Å². The van der Waals surface area contributed by atoms with E-state index in [1.165, 1.54) is 25.7 Å². The summed E-state index contributed by atoms with van der Waals surface area (Å²) < 4.78 is 0. The molecule has 0 saturated heterocycles. The van der Waals surface area contributed by atoms with Crippen LogP contribution in [-0.2, 0) is 9.59 Å². The number of hydrogen-bond donors (Lipinski definition) is 0. The van der Waals surface area contributed by atoms with E-state index in [2.05, 4.69) is 13.8 Å². The summed E-state index contributed by atoms with van der Waals surface area (Å²) in [5.41, 5.74) is 0. The number of carboxylic acid groups (broad SMARTS) is 2. The predicted molar refractivity (Wildman–Crippen MR) is 83.9 cm³/mol. The Balaban J connectivity index is -0.0000000544. The molecule has 0 aromatic heterocycles. The minimum absolute atomic E-state index is 0. The Morgan fingerprint density at radius 2 is 1.05 bits per heavy atom. The third-order valence-electron chi connectivity index (χ3n) is 1.45. The van der Waals surface area contributed by atoms with Gasteiger partial charge in [-0.2, -0.15) is 0 Å². The van der Waals surface area contributed by atoms with Crippen molar-refractivity contribution >= 4 is 39.2 Å². The molecule has 4 nitrogen and oxygen atoms in total. The van der Waals surface area contributed by atoms with E-state index in [0.29, 0.717) is 0 Å². The van der Waals surface area contributed by atoms with Crippen molar-refractivity contribution in [3.05, 3.63) is 25.3 Å². The summed E-state index contributed by atoms with van der Waals surface area (Å²) in [7, 11) is 0. The van der Waals surface area contributed by atoms with Gasteiger partial charge in [0.15, 0.2) is 0 Å². The summed E-state index contributed by atoms with van der Waals surface area (Å²) >= 11 is 0. The molecule has 0 aliphatic heterocycles. The number of rotatable bonds is 6. The molecular formula is C16H28O4Pb. The first-order chi connectivity index (χ1) is 9.29. The molecule has 0 aliphatic carbocycles. The molecule has 0 rings (SSSR count). The standard InChI is InChI=1S/2C6H11.2C2H4O2.Pb/c2*1-3-5-6-4-2;2*1-2(3)4;/h2*1,3H,4-6H2,2H3;2*1H3,(H,3,4);/q;;;;+2/p-2. The van der Waals surface area contributed by atoms with Gasteiger partial charge in [0.05, 0.1) is 0 Å². The Hall–Kier alpha value is -0.658. The zero-order valence-electron chi connectivity index (χ0n) is 13.7. The third kappa shape index (κ3) is 204. The molecule has 0 N–H and O–H groups in total. The molecule has 0 bridgehead atoms. The normalized spacial score (nSPS) is 7.05. The number of carbonyl (C=O) groups excluding carboxylic acids is 2. The van der Waals surface area contributed by atoms with Crippen molar-refractivity contribution in [3.63, 3.8) is 0 Å². The summed E-state index contributed by atoms with van der Waals surface area (Å²) in [6.45, 7) is 16.4. The van der Waals surface area contributed by atoms with Gasteiger partial charge in [0, 0.05) is 11.9 Å². The van der Waals surface area contributed by atoms with Crippen LogP contribution in [0.1, 0.15) is 66.2 Å². The van der Waals surface area contributed by atoms with Crippen LogP contribution < -0.4 is 10.2 Å². The third-order valence-corrected chi connectivity index (χ3v) is 1.45. The molecule has 0 amide bonds. The second kappa shape index (κ2) is 36.6. The number of carbonyl (C=O) groups is 2. The minimum Gasteiger partial charge on any atom is -0.550 e. The zero-order valence-corrected chi connectivity index (χ0v) is 17.6. The molecule has 0 aromatic carbocycles. The maximum Gasteiger partial charge on any atom is 2.00 e. The van der Waals surface area contributed by atoms with Gasteiger partial charge in [0.1, 0.15) is 0 Å². The van der Waals surface area contributed by atoms with Crippen molar-refractivity contribution in [1.82, 2.24) is 0 Å². The second-order valence-corrected chi connectivity index (χ2v) is 3.74. The van der Waals surface area contributed by atoms with Gasteiger partial charge in [0.2, 0.25) is 0 Å². The minimum atomic E-state index is -1.08. The SMILES string of the molecule is CC(=O)[O-].CC(=O)[O-].[CH]=CCCCC.[CH]=CCCCC.[Pb+2].